The number of methoxy groups -OCH3 is 1. The molecule has 0 bridgehead atoms. The molecule has 1 saturated heterocycles. The largest absolute Gasteiger partial charge is 0.503 e. The van der Waals surface area contributed by atoms with E-state index in [1.807, 2.05) is 0 Å². The molecule has 2 heterocycles. The second-order valence-corrected chi connectivity index (χ2v) is 6.21. The van der Waals surface area contributed by atoms with Crippen molar-refractivity contribution in [2.75, 3.05) is 38.2 Å². The number of aromatic hydroxyl groups is 1. The summed E-state index contributed by atoms with van der Waals surface area (Å²) in [4.78, 5) is 24.9. The zero-order chi connectivity index (χ0) is 17.1. The number of hydrogen-bond acceptors (Lipinski definition) is 6. The number of phenolic OH excluding ortho intramolecular Hbond substituents is 1. The van der Waals surface area contributed by atoms with Crippen molar-refractivity contribution in [2.45, 2.75) is 0 Å². The second kappa shape index (κ2) is 7.04. The quantitative estimate of drug-likeness (QED) is 0.859. The first-order valence-electron chi connectivity index (χ1n) is 7.47. The lowest BCUT2D eigenvalue weighted by atomic mass is 10.1. The minimum Gasteiger partial charge on any atom is -0.503 e. The molecule has 3 rings (SSSR count). The number of aromatic nitrogens is 2. The number of ether oxygens (including phenoxy) is 1. The average Bonchev–Trinajstić information content (AvgIpc) is 2.64. The second-order valence-electron chi connectivity index (χ2n) is 5.35. The molecule has 0 atom stereocenters. The molecular weight excluding hydrogens is 376 g/mol. The van der Waals surface area contributed by atoms with Gasteiger partial charge in [0, 0.05) is 44.1 Å². The molecular formula is C16H17BrN4O3. The van der Waals surface area contributed by atoms with Gasteiger partial charge in [0.15, 0.2) is 11.5 Å². The summed E-state index contributed by atoms with van der Waals surface area (Å²) in [5.41, 5.74) is 0.476. The van der Waals surface area contributed by atoms with Crippen molar-refractivity contribution in [3.63, 3.8) is 0 Å². The molecule has 0 radical (unpaired) electrons. The highest BCUT2D eigenvalue weighted by Crippen LogP contribution is 2.35. The highest BCUT2D eigenvalue weighted by Gasteiger charge is 2.24. The van der Waals surface area contributed by atoms with E-state index < -0.39 is 0 Å². The Balaban J connectivity index is 1.70. The van der Waals surface area contributed by atoms with Crippen molar-refractivity contribution < 1.29 is 14.6 Å². The van der Waals surface area contributed by atoms with Gasteiger partial charge in [-0.15, -0.1) is 0 Å². The van der Waals surface area contributed by atoms with Crippen LogP contribution in [0.5, 0.6) is 11.5 Å². The van der Waals surface area contributed by atoms with Gasteiger partial charge in [0.2, 0.25) is 0 Å². The third-order valence-corrected chi connectivity index (χ3v) is 4.54. The van der Waals surface area contributed by atoms with Gasteiger partial charge in [0.1, 0.15) is 5.82 Å². The molecule has 1 aliphatic heterocycles. The summed E-state index contributed by atoms with van der Waals surface area (Å²) in [5, 5.41) is 9.86. The fourth-order valence-corrected chi connectivity index (χ4v) is 3.07. The molecule has 1 aliphatic rings. The van der Waals surface area contributed by atoms with Gasteiger partial charge in [-0.1, -0.05) is 0 Å². The van der Waals surface area contributed by atoms with Crippen LogP contribution in [0.25, 0.3) is 0 Å². The van der Waals surface area contributed by atoms with E-state index in [4.69, 9.17) is 4.74 Å². The van der Waals surface area contributed by atoms with Crippen molar-refractivity contribution in [1.29, 1.82) is 0 Å². The minimum atomic E-state index is -0.0900. The smallest absolute Gasteiger partial charge is 0.254 e. The molecule has 0 unspecified atom stereocenters. The standard InChI is InChI=1S/C16H17BrN4O3/c1-24-13-9-11(8-12(17)15(13)22)16(23)21-6-4-20(5-7-21)14-10-18-2-3-19-14/h2-3,8-10,22H,4-7H2,1H3. The van der Waals surface area contributed by atoms with Crippen molar-refractivity contribution in [3.8, 4) is 11.5 Å². The van der Waals surface area contributed by atoms with Gasteiger partial charge in [-0.2, -0.15) is 0 Å². The number of amides is 1. The van der Waals surface area contributed by atoms with E-state index in [-0.39, 0.29) is 17.4 Å². The van der Waals surface area contributed by atoms with E-state index in [1.165, 1.54) is 7.11 Å². The zero-order valence-corrected chi connectivity index (χ0v) is 14.7. The molecule has 1 aromatic heterocycles. The number of carbonyl (C=O) groups excluding carboxylic acids is 1. The molecule has 1 fully saturated rings. The molecule has 1 aromatic carbocycles. The molecule has 0 spiro atoms. The van der Waals surface area contributed by atoms with Crippen LogP contribution >= 0.6 is 15.9 Å². The fourth-order valence-electron chi connectivity index (χ4n) is 2.63. The van der Waals surface area contributed by atoms with Crippen molar-refractivity contribution in [3.05, 3.63) is 40.8 Å². The third-order valence-electron chi connectivity index (χ3n) is 3.94. The topological polar surface area (TPSA) is 78.8 Å². The predicted octanol–water partition coefficient (Wildman–Crippen LogP) is 1.92. The highest BCUT2D eigenvalue weighted by atomic mass is 79.9. The third kappa shape index (κ3) is 3.28. The van der Waals surface area contributed by atoms with Gasteiger partial charge in [-0.25, -0.2) is 4.98 Å². The maximum absolute atomic E-state index is 12.7. The van der Waals surface area contributed by atoms with Crippen LogP contribution in [0.1, 0.15) is 10.4 Å². The van der Waals surface area contributed by atoms with Gasteiger partial charge < -0.3 is 19.6 Å². The Bertz CT molecular complexity index is 734. The van der Waals surface area contributed by atoms with E-state index >= 15 is 0 Å². The number of phenols is 1. The van der Waals surface area contributed by atoms with Crippen molar-refractivity contribution >= 4 is 27.7 Å². The van der Waals surface area contributed by atoms with Gasteiger partial charge in [-0.05, 0) is 28.1 Å². The monoisotopic (exact) mass is 392 g/mol. The summed E-state index contributed by atoms with van der Waals surface area (Å²) in [7, 11) is 1.45. The number of hydrogen-bond donors (Lipinski definition) is 1. The molecule has 1 amide bonds. The Morgan fingerprint density at radius 3 is 2.62 bits per heavy atom. The van der Waals surface area contributed by atoms with Gasteiger partial charge >= 0.3 is 0 Å². The SMILES string of the molecule is COc1cc(C(=O)N2CCN(c3cnccn3)CC2)cc(Br)c1O. The van der Waals surface area contributed by atoms with Crippen LogP contribution in [-0.4, -0.2) is 59.2 Å². The Hall–Kier alpha value is -2.35. The van der Waals surface area contributed by atoms with Crippen LogP contribution < -0.4 is 9.64 Å². The normalized spacial score (nSPS) is 14.6. The Kier molecular flexibility index (Phi) is 4.84. The molecule has 2 aromatic rings. The van der Waals surface area contributed by atoms with E-state index in [9.17, 15) is 9.90 Å². The molecule has 0 saturated carbocycles. The lowest BCUT2D eigenvalue weighted by Gasteiger charge is -2.35. The van der Waals surface area contributed by atoms with Gasteiger partial charge in [0.25, 0.3) is 5.91 Å². The number of rotatable bonds is 3. The van der Waals surface area contributed by atoms with Crippen molar-refractivity contribution in [1.82, 2.24) is 14.9 Å². The summed E-state index contributed by atoms with van der Waals surface area (Å²) in [5.74, 6) is 0.985. The van der Waals surface area contributed by atoms with Crippen LogP contribution in [0.15, 0.2) is 35.2 Å². The minimum absolute atomic E-state index is 0.0125. The lowest BCUT2D eigenvalue weighted by molar-refractivity contribution is 0.0746. The van der Waals surface area contributed by atoms with Gasteiger partial charge in [-0.3, -0.25) is 9.78 Å². The summed E-state index contributed by atoms with van der Waals surface area (Å²) in [6.45, 7) is 2.58. The molecule has 7 nitrogen and oxygen atoms in total. The van der Waals surface area contributed by atoms with Crippen LogP contribution in [0, 0.1) is 0 Å². The van der Waals surface area contributed by atoms with Crippen LogP contribution in [0.3, 0.4) is 0 Å². The van der Waals surface area contributed by atoms with Crippen LogP contribution in [0.2, 0.25) is 0 Å². The Morgan fingerprint density at radius 2 is 2.00 bits per heavy atom. The maximum Gasteiger partial charge on any atom is 0.254 e. The van der Waals surface area contributed by atoms with Gasteiger partial charge in [0.05, 0.1) is 17.8 Å². The van der Waals surface area contributed by atoms with E-state index in [0.29, 0.717) is 36.2 Å². The molecule has 0 aliphatic carbocycles. The molecule has 24 heavy (non-hydrogen) atoms. The summed E-state index contributed by atoms with van der Waals surface area (Å²) < 4.78 is 5.54. The van der Waals surface area contributed by atoms with E-state index in [2.05, 4.69) is 30.8 Å². The zero-order valence-electron chi connectivity index (χ0n) is 13.1. The first-order valence-corrected chi connectivity index (χ1v) is 8.26. The Morgan fingerprint density at radius 1 is 1.25 bits per heavy atom. The van der Waals surface area contributed by atoms with Crippen LogP contribution in [-0.2, 0) is 0 Å². The number of benzene rings is 1. The summed E-state index contributed by atoms with van der Waals surface area (Å²) in [6.07, 6.45) is 5.02. The van der Waals surface area contributed by atoms with E-state index in [0.717, 1.165) is 5.82 Å². The number of piperazine rings is 1. The van der Waals surface area contributed by atoms with Crippen molar-refractivity contribution in [2.24, 2.45) is 0 Å². The first-order chi connectivity index (χ1) is 11.6. The Labute approximate surface area is 148 Å². The maximum atomic E-state index is 12.7. The lowest BCUT2D eigenvalue weighted by Crippen LogP contribution is -2.49. The summed E-state index contributed by atoms with van der Waals surface area (Å²) >= 11 is 3.25. The number of halogens is 1. The van der Waals surface area contributed by atoms with Crippen LogP contribution in [0.4, 0.5) is 5.82 Å². The fraction of sp³-hybridized carbons (Fsp3) is 0.312. The highest BCUT2D eigenvalue weighted by molar-refractivity contribution is 9.10. The number of carbonyl (C=O) groups is 1. The summed E-state index contributed by atoms with van der Waals surface area (Å²) in [6, 6.07) is 3.16. The van der Waals surface area contributed by atoms with E-state index in [1.54, 1.807) is 35.6 Å². The number of nitrogens with zero attached hydrogens (tertiary/aromatic N) is 4. The predicted molar refractivity (Wildman–Crippen MR) is 92.5 cm³/mol. The average molecular weight is 393 g/mol. The molecule has 1 N–H and O–H groups in total. The molecule has 8 heteroatoms. The first kappa shape index (κ1) is 16.5. The number of anilines is 1. The molecule has 126 valence electrons.